The first-order valence-corrected chi connectivity index (χ1v) is 6.94. The van der Waals surface area contributed by atoms with Crippen LogP contribution in [0.3, 0.4) is 0 Å². The van der Waals surface area contributed by atoms with Crippen molar-refractivity contribution in [1.29, 1.82) is 0 Å². The Kier molecular flexibility index (Phi) is 3.82. The van der Waals surface area contributed by atoms with Crippen LogP contribution in [0.1, 0.15) is 26.9 Å². The van der Waals surface area contributed by atoms with Crippen molar-refractivity contribution >= 4 is 11.8 Å². The minimum atomic E-state index is -0.295. The number of aromatic nitrogens is 3. The van der Waals surface area contributed by atoms with Gasteiger partial charge in [0.2, 0.25) is 5.89 Å². The summed E-state index contributed by atoms with van der Waals surface area (Å²) in [6.07, 6.45) is 3.18. The van der Waals surface area contributed by atoms with Crippen LogP contribution in [0.2, 0.25) is 0 Å². The van der Waals surface area contributed by atoms with Crippen molar-refractivity contribution in [2.45, 2.75) is 6.92 Å². The Bertz CT molecular complexity index is 677. The van der Waals surface area contributed by atoms with E-state index in [1.807, 2.05) is 0 Å². The second-order valence-corrected chi connectivity index (χ2v) is 4.95. The van der Waals surface area contributed by atoms with Gasteiger partial charge in [0, 0.05) is 51.1 Å². The molecule has 0 radical (unpaired) electrons. The van der Waals surface area contributed by atoms with Crippen molar-refractivity contribution in [1.82, 2.24) is 25.0 Å². The third kappa shape index (κ3) is 2.80. The van der Waals surface area contributed by atoms with E-state index < -0.39 is 0 Å². The van der Waals surface area contributed by atoms with E-state index in [0.717, 1.165) is 0 Å². The van der Waals surface area contributed by atoms with Crippen molar-refractivity contribution in [3.05, 3.63) is 41.9 Å². The number of rotatable bonds is 2. The highest BCUT2D eigenvalue weighted by Crippen LogP contribution is 2.11. The van der Waals surface area contributed by atoms with Crippen molar-refractivity contribution in [2.75, 3.05) is 26.2 Å². The molecule has 0 atom stereocenters. The van der Waals surface area contributed by atoms with Gasteiger partial charge in [0.15, 0.2) is 0 Å². The average Bonchev–Trinajstić information content (AvgIpc) is 3.01. The van der Waals surface area contributed by atoms with E-state index in [1.54, 1.807) is 41.2 Å². The van der Waals surface area contributed by atoms with Crippen LogP contribution in [-0.2, 0) is 0 Å². The minimum absolute atomic E-state index is 0.00795. The number of nitrogens with zero attached hydrogens (tertiary/aromatic N) is 5. The summed E-state index contributed by atoms with van der Waals surface area (Å²) in [5, 5.41) is 7.38. The zero-order chi connectivity index (χ0) is 15.5. The lowest BCUT2D eigenvalue weighted by Gasteiger charge is -2.34. The molecular formula is C14H15N5O3. The molecule has 0 saturated carbocycles. The highest BCUT2D eigenvalue weighted by atomic mass is 16.4. The summed E-state index contributed by atoms with van der Waals surface area (Å²) >= 11 is 0. The second-order valence-electron chi connectivity index (χ2n) is 4.95. The van der Waals surface area contributed by atoms with Gasteiger partial charge in [0.1, 0.15) is 0 Å². The topological polar surface area (TPSA) is 92.4 Å². The van der Waals surface area contributed by atoms with Gasteiger partial charge in [-0.3, -0.25) is 14.6 Å². The number of carbonyl (C=O) groups excluding carboxylic acids is 2. The lowest BCUT2D eigenvalue weighted by Crippen LogP contribution is -2.50. The summed E-state index contributed by atoms with van der Waals surface area (Å²) in [7, 11) is 0. The number of piperazine rings is 1. The van der Waals surface area contributed by atoms with Crippen LogP contribution in [0, 0.1) is 6.92 Å². The molecule has 114 valence electrons. The lowest BCUT2D eigenvalue weighted by molar-refractivity contribution is 0.0512. The van der Waals surface area contributed by atoms with Gasteiger partial charge in [-0.1, -0.05) is 0 Å². The van der Waals surface area contributed by atoms with Gasteiger partial charge in [0.05, 0.1) is 0 Å². The predicted octanol–water partition coefficient (Wildman–Crippen LogP) is 0.371. The molecule has 1 fully saturated rings. The first-order chi connectivity index (χ1) is 10.6. The summed E-state index contributed by atoms with van der Waals surface area (Å²) in [6, 6.07) is 3.36. The molecular weight excluding hydrogens is 286 g/mol. The van der Waals surface area contributed by atoms with E-state index >= 15 is 0 Å². The number of hydrogen-bond acceptors (Lipinski definition) is 6. The molecule has 1 aliphatic heterocycles. The van der Waals surface area contributed by atoms with Gasteiger partial charge in [-0.25, -0.2) is 0 Å². The van der Waals surface area contributed by atoms with Crippen LogP contribution in [0.5, 0.6) is 0 Å². The average molecular weight is 301 g/mol. The van der Waals surface area contributed by atoms with E-state index in [2.05, 4.69) is 15.2 Å². The second kappa shape index (κ2) is 5.92. The monoisotopic (exact) mass is 301 g/mol. The molecule has 2 aromatic heterocycles. The van der Waals surface area contributed by atoms with Crippen LogP contribution < -0.4 is 0 Å². The van der Waals surface area contributed by atoms with Crippen LogP contribution in [-0.4, -0.2) is 63.0 Å². The van der Waals surface area contributed by atoms with E-state index in [0.29, 0.717) is 37.6 Å². The minimum Gasteiger partial charge on any atom is -0.417 e. The van der Waals surface area contributed by atoms with Crippen molar-refractivity contribution in [3.63, 3.8) is 0 Å². The quantitative estimate of drug-likeness (QED) is 0.795. The van der Waals surface area contributed by atoms with Crippen LogP contribution in [0.4, 0.5) is 0 Å². The zero-order valence-electron chi connectivity index (χ0n) is 12.1. The van der Waals surface area contributed by atoms with Crippen LogP contribution in [0.25, 0.3) is 0 Å². The third-order valence-corrected chi connectivity index (χ3v) is 3.49. The first-order valence-electron chi connectivity index (χ1n) is 6.94. The van der Waals surface area contributed by atoms with E-state index in [9.17, 15) is 9.59 Å². The van der Waals surface area contributed by atoms with E-state index in [4.69, 9.17) is 4.42 Å². The molecule has 2 amide bonds. The standard InChI is InChI=1S/C14H15N5O3/c1-10-16-17-12(22-10)14(21)19-8-6-18(7-9-19)13(20)11-2-4-15-5-3-11/h2-5H,6-9H2,1H3. The molecule has 0 spiro atoms. The van der Waals surface area contributed by atoms with Crippen molar-refractivity contribution in [3.8, 4) is 0 Å². The summed E-state index contributed by atoms with van der Waals surface area (Å²) < 4.78 is 5.14. The highest BCUT2D eigenvalue weighted by Gasteiger charge is 2.27. The third-order valence-electron chi connectivity index (χ3n) is 3.49. The fourth-order valence-corrected chi connectivity index (χ4v) is 2.31. The summed E-state index contributed by atoms with van der Waals surface area (Å²) in [5.41, 5.74) is 0.599. The highest BCUT2D eigenvalue weighted by molar-refractivity contribution is 5.94. The maximum Gasteiger partial charge on any atom is 0.311 e. The molecule has 8 nitrogen and oxygen atoms in total. The molecule has 8 heteroatoms. The summed E-state index contributed by atoms with van der Waals surface area (Å²) in [5.74, 6) is 0.000930. The van der Waals surface area contributed by atoms with Crippen molar-refractivity contribution < 1.29 is 14.0 Å². The molecule has 1 aliphatic rings. The fraction of sp³-hybridized carbons (Fsp3) is 0.357. The van der Waals surface area contributed by atoms with Crippen LogP contribution in [0.15, 0.2) is 28.9 Å². The Hall–Kier alpha value is -2.77. The summed E-state index contributed by atoms with van der Waals surface area (Å²) in [4.78, 5) is 31.7. The molecule has 0 aromatic carbocycles. The number of aryl methyl sites for hydroxylation is 1. The molecule has 2 aromatic rings. The zero-order valence-corrected chi connectivity index (χ0v) is 12.1. The Morgan fingerprint density at radius 1 is 1.00 bits per heavy atom. The van der Waals surface area contributed by atoms with Gasteiger partial charge in [-0.2, -0.15) is 0 Å². The normalized spacial score (nSPS) is 15.0. The molecule has 1 saturated heterocycles. The Morgan fingerprint density at radius 2 is 1.59 bits per heavy atom. The first kappa shape index (κ1) is 14.2. The molecule has 22 heavy (non-hydrogen) atoms. The molecule has 0 bridgehead atoms. The van der Waals surface area contributed by atoms with Gasteiger partial charge in [-0.15, -0.1) is 10.2 Å². The fourth-order valence-electron chi connectivity index (χ4n) is 2.31. The molecule has 3 heterocycles. The molecule has 0 aliphatic carbocycles. The summed E-state index contributed by atoms with van der Waals surface area (Å²) in [6.45, 7) is 3.46. The van der Waals surface area contributed by atoms with Gasteiger partial charge in [-0.05, 0) is 12.1 Å². The van der Waals surface area contributed by atoms with Gasteiger partial charge in [0.25, 0.3) is 5.91 Å². The predicted molar refractivity (Wildman–Crippen MR) is 75.1 cm³/mol. The Balaban J connectivity index is 1.61. The SMILES string of the molecule is Cc1nnc(C(=O)N2CCN(C(=O)c3ccncc3)CC2)o1. The smallest absolute Gasteiger partial charge is 0.311 e. The van der Waals surface area contributed by atoms with E-state index in [-0.39, 0.29) is 17.7 Å². The number of amides is 2. The van der Waals surface area contributed by atoms with Gasteiger partial charge >= 0.3 is 11.8 Å². The maximum atomic E-state index is 12.3. The maximum absolute atomic E-state index is 12.3. The van der Waals surface area contributed by atoms with Gasteiger partial charge < -0.3 is 14.2 Å². The largest absolute Gasteiger partial charge is 0.417 e. The molecule has 3 rings (SSSR count). The number of pyridine rings is 1. The number of hydrogen-bond donors (Lipinski definition) is 0. The molecule has 0 unspecified atom stereocenters. The van der Waals surface area contributed by atoms with Crippen molar-refractivity contribution in [2.24, 2.45) is 0 Å². The Morgan fingerprint density at radius 3 is 2.14 bits per heavy atom. The van der Waals surface area contributed by atoms with E-state index in [1.165, 1.54) is 0 Å². The molecule has 0 N–H and O–H groups in total. The van der Waals surface area contributed by atoms with Crippen LogP contribution >= 0.6 is 0 Å². The lowest BCUT2D eigenvalue weighted by atomic mass is 10.2. The number of carbonyl (C=O) groups is 2. The Labute approximate surface area is 126 Å².